The van der Waals surface area contributed by atoms with Crippen LogP contribution in [0.25, 0.3) is 0 Å². The van der Waals surface area contributed by atoms with Crippen molar-refractivity contribution in [1.29, 1.82) is 0 Å². The molecule has 0 heterocycles. The van der Waals surface area contributed by atoms with E-state index in [-0.39, 0.29) is 25.2 Å². The van der Waals surface area contributed by atoms with E-state index < -0.39 is 5.41 Å². The second-order valence-electron chi connectivity index (χ2n) is 7.76. The van der Waals surface area contributed by atoms with Crippen LogP contribution in [0.1, 0.15) is 70.8 Å². The van der Waals surface area contributed by atoms with Gasteiger partial charge in [0.15, 0.2) is 0 Å². The Kier molecular flexibility index (Phi) is 11.5. The summed E-state index contributed by atoms with van der Waals surface area (Å²) in [5.74, 6) is -0.194. The maximum Gasteiger partial charge on any atom is 0.311 e. The smallest absolute Gasteiger partial charge is 0.311 e. The highest BCUT2D eigenvalue weighted by molar-refractivity contribution is 5.76. The minimum atomic E-state index is -0.595. The highest BCUT2D eigenvalue weighted by Crippen LogP contribution is 2.34. The normalized spacial score (nSPS) is 12.4. The molecular weight excluding hydrogens is 356 g/mol. The predicted molar refractivity (Wildman–Crippen MR) is 110 cm³/mol. The quantitative estimate of drug-likeness (QED) is 0.333. The van der Waals surface area contributed by atoms with Crippen LogP contribution >= 0.6 is 0 Å². The molecule has 0 radical (unpaired) electrons. The zero-order valence-corrected chi connectivity index (χ0v) is 17.9. The molecule has 0 aliphatic carbocycles. The van der Waals surface area contributed by atoms with Crippen LogP contribution in [0, 0.1) is 5.41 Å². The third-order valence-corrected chi connectivity index (χ3v) is 4.88. The average molecular weight is 393 g/mol. The average Bonchev–Trinajstić information content (AvgIpc) is 2.69. The summed E-state index contributed by atoms with van der Waals surface area (Å²) in [6.07, 6.45) is 4.73. The second kappa shape index (κ2) is 13.3. The first-order chi connectivity index (χ1) is 13.4. The summed E-state index contributed by atoms with van der Waals surface area (Å²) in [5.41, 5.74) is 0.646. The van der Waals surface area contributed by atoms with E-state index in [1.54, 1.807) is 7.11 Å². The summed E-state index contributed by atoms with van der Waals surface area (Å²) in [7, 11) is 1.67. The number of benzene rings is 1. The molecule has 0 saturated carbocycles. The Bertz CT molecular complexity index is 568. The number of hydrogen-bond acceptors (Lipinski definition) is 5. The first-order valence-electron chi connectivity index (χ1n) is 10.3. The summed E-state index contributed by atoms with van der Waals surface area (Å²) < 4.78 is 15.5. The van der Waals surface area contributed by atoms with Crippen molar-refractivity contribution in [2.75, 3.05) is 26.9 Å². The van der Waals surface area contributed by atoms with E-state index in [1.807, 2.05) is 32.0 Å². The molecule has 0 bridgehead atoms. The number of hydrogen-bond donors (Lipinski definition) is 0. The number of methoxy groups -OCH3 is 1. The van der Waals surface area contributed by atoms with Crippen molar-refractivity contribution in [2.45, 2.75) is 65.2 Å². The van der Waals surface area contributed by atoms with E-state index in [0.29, 0.717) is 25.4 Å². The molecular formula is C23H36O5. The summed E-state index contributed by atoms with van der Waals surface area (Å²) in [4.78, 5) is 24.2. The highest BCUT2D eigenvalue weighted by atomic mass is 16.6. The zero-order valence-electron chi connectivity index (χ0n) is 17.9. The lowest BCUT2D eigenvalue weighted by molar-refractivity contribution is -0.159. The van der Waals surface area contributed by atoms with Crippen LogP contribution in [0.2, 0.25) is 0 Å². The second-order valence-corrected chi connectivity index (χ2v) is 7.76. The molecule has 5 heteroatoms. The van der Waals surface area contributed by atoms with Crippen LogP contribution in [0.5, 0.6) is 0 Å². The molecule has 0 aliphatic heterocycles. The lowest BCUT2D eigenvalue weighted by Gasteiger charge is -2.27. The molecule has 5 nitrogen and oxygen atoms in total. The van der Waals surface area contributed by atoms with Gasteiger partial charge >= 0.3 is 11.9 Å². The molecule has 0 amide bonds. The topological polar surface area (TPSA) is 61.8 Å². The molecule has 0 aliphatic rings. The van der Waals surface area contributed by atoms with Crippen LogP contribution in [0.15, 0.2) is 30.3 Å². The van der Waals surface area contributed by atoms with E-state index in [4.69, 9.17) is 14.2 Å². The van der Waals surface area contributed by atoms with Gasteiger partial charge in [-0.1, -0.05) is 43.7 Å². The molecule has 28 heavy (non-hydrogen) atoms. The van der Waals surface area contributed by atoms with Crippen LogP contribution in [-0.2, 0) is 23.8 Å². The van der Waals surface area contributed by atoms with Gasteiger partial charge in [0.25, 0.3) is 0 Å². The maximum atomic E-state index is 12.5. The van der Waals surface area contributed by atoms with Gasteiger partial charge in [-0.05, 0) is 51.0 Å². The number of unbranched alkanes of at least 4 members (excludes halogenated alkanes) is 2. The first kappa shape index (κ1) is 24.2. The third kappa shape index (κ3) is 9.36. The van der Waals surface area contributed by atoms with E-state index in [0.717, 1.165) is 25.7 Å². The number of rotatable bonds is 14. The van der Waals surface area contributed by atoms with Crippen molar-refractivity contribution >= 4 is 11.9 Å². The summed E-state index contributed by atoms with van der Waals surface area (Å²) in [6.45, 7) is 6.87. The van der Waals surface area contributed by atoms with Crippen molar-refractivity contribution in [3.63, 3.8) is 0 Å². The van der Waals surface area contributed by atoms with E-state index in [9.17, 15) is 9.59 Å². The van der Waals surface area contributed by atoms with Gasteiger partial charge in [-0.3, -0.25) is 9.59 Å². The molecule has 0 saturated heterocycles. The number of esters is 2. The maximum absolute atomic E-state index is 12.5. The van der Waals surface area contributed by atoms with Gasteiger partial charge in [0, 0.05) is 20.1 Å². The van der Waals surface area contributed by atoms with Crippen molar-refractivity contribution in [1.82, 2.24) is 0 Å². The van der Waals surface area contributed by atoms with Crippen LogP contribution in [0.3, 0.4) is 0 Å². The molecule has 1 unspecified atom stereocenters. The fraction of sp³-hybridized carbons (Fsp3) is 0.652. The fourth-order valence-electron chi connectivity index (χ4n) is 3.17. The number of ether oxygens (including phenoxy) is 3. The molecule has 1 atom stereocenters. The van der Waals surface area contributed by atoms with E-state index in [1.165, 1.54) is 5.56 Å². The van der Waals surface area contributed by atoms with Gasteiger partial charge < -0.3 is 14.2 Å². The van der Waals surface area contributed by atoms with Gasteiger partial charge in [0.05, 0.1) is 5.41 Å². The van der Waals surface area contributed by atoms with Crippen molar-refractivity contribution in [3.8, 4) is 0 Å². The third-order valence-electron chi connectivity index (χ3n) is 4.88. The Balaban J connectivity index is 2.30. The number of carbonyl (C=O) groups is 2. The van der Waals surface area contributed by atoms with Crippen molar-refractivity contribution in [2.24, 2.45) is 5.41 Å². The van der Waals surface area contributed by atoms with Crippen LogP contribution in [0.4, 0.5) is 0 Å². The largest absolute Gasteiger partial charge is 0.462 e. The van der Waals surface area contributed by atoms with E-state index in [2.05, 4.69) is 19.1 Å². The highest BCUT2D eigenvalue weighted by Gasteiger charge is 2.32. The Hall–Kier alpha value is -1.88. The van der Waals surface area contributed by atoms with Gasteiger partial charge in [-0.2, -0.15) is 0 Å². The van der Waals surface area contributed by atoms with E-state index >= 15 is 0 Å². The zero-order chi connectivity index (χ0) is 20.8. The van der Waals surface area contributed by atoms with Crippen LogP contribution in [-0.4, -0.2) is 38.9 Å². The predicted octanol–water partition coefficient (Wildman–Crippen LogP) is 4.89. The summed E-state index contributed by atoms with van der Waals surface area (Å²) in [6, 6.07) is 10.2. The molecule has 0 fully saturated rings. The number of carbonyl (C=O) groups excluding carboxylic acids is 2. The SMILES string of the molecule is CCC(CC(C)(C)C(=O)OCCOC(=O)CCCCCOC)c1ccccc1. The van der Waals surface area contributed by atoms with Gasteiger partial charge in [0.2, 0.25) is 0 Å². The lowest BCUT2D eigenvalue weighted by atomic mass is 9.79. The van der Waals surface area contributed by atoms with Gasteiger partial charge in [-0.25, -0.2) is 0 Å². The van der Waals surface area contributed by atoms with Crippen molar-refractivity contribution in [3.05, 3.63) is 35.9 Å². The Labute approximate surface area is 169 Å². The molecule has 158 valence electrons. The molecule has 1 aromatic carbocycles. The van der Waals surface area contributed by atoms with Crippen molar-refractivity contribution < 1.29 is 23.8 Å². The van der Waals surface area contributed by atoms with Crippen LogP contribution < -0.4 is 0 Å². The minimum Gasteiger partial charge on any atom is -0.462 e. The molecule has 1 rings (SSSR count). The molecule has 0 aromatic heterocycles. The fourth-order valence-corrected chi connectivity index (χ4v) is 3.17. The minimum absolute atomic E-state index is 0.0970. The van der Waals surface area contributed by atoms with Gasteiger partial charge in [0.1, 0.15) is 13.2 Å². The first-order valence-corrected chi connectivity index (χ1v) is 10.3. The Morgan fingerprint density at radius 3 is 2.29 bits per heavy atom. The molecule has 0 N–H and O–H groups in total. The monoisotopic (exact) mass is 392 g/mol. The van der Waals surface area contributed by atoms with Gasteiger partial charge in [-0.15, -0.1) is 0 Å². The lowest BCUT2D eigenvalue weighted by Crippen LogP contribution is -2.30. The Morgan fingerprint density at radius 1 is 0.964 bits per heavy atom. The summed E-state index contributed by atoms with van der Waals surface area (Å²) in [5, 5.41) is 0. The molecule has 1 aromatic rings. The molecule has 0 spiro atoms. The summed E-state index contributed by atoms with van der Waals surface area (Å²) >= 11 is 0. The Morgan fingerprint density at radius 2 is 1.64 bits per heavy atom. The standard InChI is InChI=1S/C23H36O5/c1-5-19(20-12-8-6-9-13-20)18-23(2,3)22(25)28-17-16-27-21(24)14-10-7-11-15-26-4/h6,8-9,12-13,19H,5,7,10-11,14-18H2,1-4H3.